The van der Waals surface area contributed by atoms with Crippen LogP contribution in [0.15, 0.2) is 17.2 Å². The van der Waals surface area contributed by atoms with Crippen LogP contribution in [0.5, 0.6) is 0 Å². The second-order valence-electron chi connectivity index (χ2n) is 4.87. The fraction of sp³-hybridized carbons (Fsp3) is 0.667. The summed E-state index contributed by atoms with van der Waals surface area (Å²) in [6, 6.07) is 1.67. The number of H-pyrrole nitrogens is 1. The van der Waals surface area contributed by atoms with Gasteiger partial charge in [0.25, 0.3) is 0 Å². The number of rotatable bonds is 4. The van der Waals surface area contributed by atoms with Crippen molar-refractivity contribution in [3.8, 4) is 0 Å². The lowest BCUT2D eigenvalue weighted by atomic mass is 10.1. The molecule has 5 nitrogen and oxygen atoms in total. The summed E-state index contributed by atoms with van der Waals surface area (Å²) in [6.45, 7) is 0.318. The smallest absolute Gasteiger partial charge is 0.242 e. The largest absolute Gasteiger partial charge is 0.363 e. The number of hydrogen-bond acceptors (Lipinski definition) is 3. The van der Waals surface area contributed by atoms with Gasteiger partial charge >= 0.3 is 0 Å². The highest BCUT2D eigenvalue weighted by Crippen LogP contribution is 2.19. The highest BCUT2D eigenvalue weighted by molar-refractivity contribution is 7.89. The van der Waals surface area contributed by atoms with E-state index < -0.39 is 10.0 Å². The third-order valence-electron chi connectivity index (χ3n) is 3.42. The summed E-state index contributed by atoms with van der Waals surface area (Å²) in [5.74, 6) is 0. The molecule has 6 heteroatoms. The Balaban J connectivity index is 2.06. The average Bonchev–Trinajstić information content (AvgIpc) is 2.70. The third-order valence-corrected chi connectivity index (χ3v) is 4.92. The van der Waals surface area contributed by atoms with Crippen molar-refractivity contribution in [2.75, 3.05) is 0 Å². The fourth-order valence-electron chi connectivity index (χ4n) is 2.38. The van der Waals surface area contributed by atoms with E-state index in [4.69, 9.17) is 5.73 Å². The van der Waals surface area contributed by atoms with Crippen molar-refractivity contribution in [2.24, 2.45) is 5.73 Å². The molecule has 0 unspecified atom stereocenters. The highest BCUT2D eigenvalue weighted by Gasteiger charge is 2.21. The summed E-state index contributed by atoms with van der Waals surface area (Å²) in [7, 11) is -3.40. The molecule has 1 saturated carbocycles. The zero-order valence-corrected chi connectivity index (χ0v) is 11.3. The first-order valence-electron chi connectivity index (χ1n) is 6.51. The topological polar surface area (TPSA) is 88.0 Å². The van der Waals surface area contributed by atoms with Gasteiger partial charge in [-0.2, -0.15) is 0 Å². The molecule has 1 heterocycles. The van der Waals surface area contributed by atoms with Crippen molar-refractivity contribution in [2.45, 2.75) is 56.0 Å². The number of aromatic amines is 1. The third kappa shape index (κ3) is 3.34. The van der Waals surface area contributed by atoms with E-state index in [1.807, 2.05) is 0 Å². The lowest BCUT2D eigenvalue weighted by molar-refractivity contribution is 0.510. The van der Waals surface area contributed by atoms with Crippen molar-refractivity contribution >= 4 is 10.0 Å². The van der Waals surface area contributed by atoms with Crippen LogP contribution >= 0.6 is 0 Å². The molecule has 1 aromatic rings. The molecule has 1 aliphatic rings. The van der Waals surface area contributed by atoms with Gasteiger partial charge in [0.1, 0.15) is 0 Å². The molecule has 0 spiro atoms. The van der Waals surface area contributed by atoms with Crippen LogP contribution in [0.2, 0.25) is 0 Å². The molecule has 0 radical (unpaired) electrons. The molecule has 2 rings (SSSR count). The van der Waals surface area contributed by atoms with Gasteiger partial charge in [-0.1, -0.05) is 25.7 Å². The molecule has 1 fully saturated rings. The van der Waals surface area contributed by atoms with E-state index in [9.17, 15) is 8.42 Å². The zero-order chi connectivity index (χ0) is 13.0. The van der Waals surface area contributed by atoms with Crippen molar-refractivity contribution in [1.82, 2.24) is 9.71 Å². The molecule has 0 aromatic carbocycles. The van der Waals surface area contributed by atoms with Crippen molar-refractivity contribution < 1.29 is 8.42 Å². The fourth-order valence-corrected chi connectivity index (χ4v) is 3.70. The first kappa shape index (κ1) is 13.6. The summed E-state index contributed by atoms with van der Waals surface area (Å²) >= 11 is 0. The van der Waals surface area contributed by atoms with Gasteiger partial charge in [0, 0.05) is 24.5 Å². The van der Waals surface area contributed by atoms with Gasteiger partial charge in [0.2, 0.25) is 10.0 Å². The summed E-state index contributed by atoms with van der Waals surface area (Å²) < 4.78 is 27.1. The van der Waals surface area contributed by atoms with Gasteiger partial charge in [-0.05, 0) is 18.9 Å². The Morgan fingerprint density at radius 3 is 2.50 bits per heavy atom. The molecule has 102 valence electrons. The van der Waals surface area contributed by atoms with Crippen LogP contribution in [0, 0.1) is 0 Å². The first-order chi connectivity index (χ1) is 8.62. The van der Waals surface area contributed by atoms with Crippen LogP contribution in [-0.2, 0) is 16.6 Å². The van der Waals surface area contributed by atoms with Crippen molar-refractivity contribution in [3.05, 3.63) is 18.0 Å². The molecular weight excluding hydrogens is 250 g/mol. The number of nitrogens with one attached hydrogen (secondary N) is 2. The zero-order valence-electron chi connectivity index (χ0n) is 10.5. The number of sulfonamides is 1. The normalized spacial score (nSPS) is 18.7. The van der Waals surface area contributed by atoms with Crippen LogP contribution in [0.4, 0.5) is 0 Å². The van der Waals surface area contributed by atoms with E-state index >= 15 is 0 Å². The Morgan fingerprint density at radius 1 is 1.28 bits per heavy atom. The number of nitrogens with two attached hydrogens (primary N) is 1. The van der Waals surface area contributed by atoms with Crippen LogP contribution in [-0.4, -0.2) is 19.4 Å². The predicted octanol–water partition coefficient (Wildman–Crippen LogP) is 1.47. The molecule has 0 amide bonds. The monoisotopic (exact) mass is 271 g/mol. The minimum Gasteiger partial charge on any atom is -0.363 e. The van der Waals surface area contributed by atoms with Crippen LogP contribution in [0.3, 0.4) is 0 Å². The second kappa shape index (κ2) is 5.86. The second-order valence-corrected chi connectivity index (χ2v) is 6.59. The molecule has 0 atom stereocenters. The Morgan fingerprint density at radius 2 is 1.94 bits per heavy atom. The molecule has 0 saturated heterocycles. The quantitative estimate of drug-likeness (QED) is 0.725. The minimum atomic E-state index is -3.40. The van der Waals surface area contributed by atoms with E-state index in [-0.39, 0.29) is 10.9 Å². The predicted molar refractivity (Wildman–Crippen MR) is 70.5 cm³/mol. The van der Waals surface area contributed by atoms with E-state index in [1.54, 1.807) is 6.07 Å². The summed E-state index contributed by atoms with van der Waals surface area (Å²) in [4.78, 5) is 3.15. The Hall–Kier alpha value is -0.850. The van der Waals surface area contributed by atoms with E-state index in [1.165, 1.54) is 19.0 Å². The van der Waals surface area contributed by atoms with Crippen LogP contribution in [0.1, 0.15) is 44.2 Å². The maximum atomic E-state index is 12.2. The molecule has 0 bridgehead atoms. The molecule has 0 aliphatic heterocycles. The Kier molecular flexibility index (Phi) is 4.42. The molecular formula is C12H21N3O2S. The number of aromatic nitrogens is 1. The Bertz CT molecular complexity index is 473. The Labute approximate surface area is 108 Å². The lowest BCUT2D eigenvalue weighted by Gasteiger charge is -2.15. The minimum absolute atomic E-state index is 0.0775. The summed E-state index contributed by atoms with van der Waals surface area (Å²) in [5.41, 5.74) is 6.20. The standard InChI is InChI=1S/C12H21N3O2S/c13-8-11-7-12(9-14-11)18(16,17)15-10-5-3-1-2-4-6-10/h7,9-10,14-15H,1-6,8,13H2. The summed E-state index contributed by atoms with van der Waals surface area (Å²) in [5, 5.41) is 0. The average molecular weight is 271 g/mol. The maximum absolute atomic E-state index is 12.2. The van der Waals surface area contributed by atoms with Crippen molar-refractivity contribution in [3.63, 3.8) is 0 Å². The lowest BCUT2D eigenvalue weighted by Crippen LogP contribution is -2.34. The first-order valence-corrected chi connectivity index (χ1v) is 8.00. The van der Waals surface area contributed by atoms with Crippen LogP contribution in [0.25, 0.3) is 0 Å². The maximum Gasteiger partial charge on any atom is 0.242 e. The highest BCUT2D eigenvalue weighted by atomic mass is 32.2. The number of hydrogen-bond donors (Lipinski definition) is 3. The van der Waals surface area contributed by atoms with Gasteiger partial charge in [-0.25, -0.2) is 13.1 Å². The van der Waals surface area contributed by atoms with Gasteiger partial charge in [-0.3, -0.25) is 0 Å². The van der Waals surface area contributed by atoms with Gasteiger partial charge in [-0.15, -0.1) is 0 Å². The molecule has 18 heavy (non-hydrogen) atoms. The molecule has 1 aliphatic carbocycles. The molecule has 1 aromatic heterocycles. The molecule has 4 N–H and O–H groups in total. The van der Waals surface area contributed by atoms with Gasteiger partial charge < -0.3 is 10.7 Å². The van der Waals surface area contributed by atoms with E-state index in [0.717, 1.165) is 31.4 Å². The van der Waals surface area contributed by atoms with Crippen molar-refractivity contribution in [1.29, 1.82) is 0 Å². The van der Waals surface area contributed by atoms with Crippen LogP contribution < -0.4 is 10.5 Å². The van der Waals surface area contributed by atoms with E-state index in [0.29, 0.717) is 6.54 Å². The van der Waals surface area contributed by atoms with Gasteiger partial charge in [0.05, 0.1) is 4.90 Å². The van der Waals surface area contributed by atoms with Gasteiger partial charge in [0.15, 0.2) is 0 Å². The SMILES string of the molecule is NCc1cc(S(=O)(=O)NC2CCCCCC2)c[nH]1. The van der Waals surface area contributed by atoms with E-state index in [2.05, 4.69) is 9.71 Å². The summed E-state index contributed by atoms with van der Waals surface area (Å²) in [6.07, 6.45) is 8.00.